The van der Waals surface area contributed by atoms with E-state index in [2.05, 4.69) is 6.92 Å². The predicted molar refractivity (Wildman–Crippen MR) is 95.6 cm³/mol. The molecule has 23 heavy (non-hydrogen) atoms. The number of alkyl halides is 1. The van der Waals surface area contributed by atoms with Gasteiger partial charge >= 0.3 is 0 Å². The lowest BCUT2D eigenvalue weighted by atomic mass is 9.95. The second kappa shape index (κ2) is 6.79. The zero-order valence-electron chi connectivity index (χ0n) is 13.4. The lowest BCUT2D eigenvalue weighted by Crippen LogP contribution is -2.29. The fraction of sp³-hybridized carbons (Fsp3) is 0.421. The Morgan fingerprint density at radius 2 is 2.04 bits per heavy atom. The molecule has 0 saturated carbocycles. The van der Waals surface area contributed by atoms with Gasteiger partial charge in [0.15, 0.2) is 0 Å². The van der Waals surface area contributed by atoms with Crippen LogP contribution in [0, 0.1) is 0 Å². The van der Waals surface area contributed by atoms with Gasteiger partial charge in [-0.15, -0.1) is 11.6 Å². The number of amides is 1. The maximum atomic E-state index is 12.6. The number of aromatic hydroxyl groups is 1. The number of carbonyl (C=O) groups is 1. The van der Waals surface area contributed by atoms with Crippen LogP contribution in [0.3, 0.4) is 0 Å². The lowest BCUT2D eigenvalue weighted by molar-refractivity contribution is -0.118. The van der Waals surface area contributed by atoms with Crippen LogP contribution in [0.5, 0.6) is 5.75 Å². The molecular weight excluding hydrogens is 310 g/mol. The molecule has 1 N–H and O–H groups in total. The van der Waals surface area contributed by atoms with Gasteiger partial charge in [-0.1, -0.05) is 44.0 Å². The number of phenolic OH excluding ortho intramolecular Hbond substituents is 1. The van der Waals surface area contributed by atoms with Crippen LogP contribution in [0.2, 0.25) is 0 Å². The van der Waals surface area contributed by atoms with Gasteiger partial charge in [0.1, 0.15) is 5.75 Å². The lowest BCUT2D eigenvalue weighted by Gasteiger charge is -2.18. The molecule has 1 aliphatic rings. The average Bonchev–Trinajstić information content (AvgIpc) is 2.94. The molecule has 1 heterocycles. The van der Waals surface area contributed by atoms with Crippen molar-refractivity contribution < 1.29 is 9.90 Å². The summed E-state index contributed by atoms with van der Waals surface area (Å²) in [6.07, 6.45) is 3.62. The third kappa shape index (κ3) is 2.90. The van der Waals surface area contributed by atoms with E-state index in [9.17, 15) is 9.90 Å². The SMILES string of the molecule is CCCCCC(=O)N1CC(CCl)c2c1cc(O)c1ccccc21. The van der Waals surface area contributed by atoms with Gasteiger partial charge in [0.2, 0.25) is 5.91 Å². The third-order valence-electron chi connectivity index (χ3n) is 4.63. The van der Waals surface area contributed by atoms with Crippen LogP contribution in [0.25, 0.3) is 10.8 Å². The Balaban J connectivity index is 2.02. The second-order valence-electron chi connectivity index (χ2n) is 6.19. The first-order valence-corrected chi connectivity index (χ1v) is 8.81. The summed E-state index contributed by atoms with van der Waals surface area (Å²) in [5.74, 6) is 0.941. The molecule has 1 atom stereocenters. The summed E-state index contributed by atoms with van der Waals surface area (Å²) >= 11 is 6.17. The monoisotopic (exact) mass is 331 g/mol. The van der Waals surface area contributed by atoms with Gasteiger partial charge in [-0.05, 0) is 17.4 Å². The Hall–Kier alpha value is -1.74. The van der Waals surface area contributed by atoms with Gasteiger partial charge in [0, 0.05) is 36.2 Å². The Kier molecular flexibility index (Phi) is 4.76. The van der Waals surface area contributed by atoms with E-state index in [0.29, 0.717) is 18.8 Å². The summed E-state index contributed by atoms with van der Waals surface area (Å²) in [6.45, 7) is 2.74. The molecule has 0 spiro atoms. The second-order valence-corrected chi connectivity index (χ2v) is 6.50. The number of fused-ring (bicyclic) bond motifs is 3. The molecule has 0 bridgehead atoms. The topological polar surface area (TPSA) is 40.5 Å². The first-order valence-electron chi connectivity index (χ1n) is 8.28. The summed E-state index contributed by atoms with van der Waals surface area (Å²) in [5.41, 5.74) is 1.92. The van der Waals surface area contributed by atoms with Crippen LogP contribution in [-0.2, 0) is 4.79 Å². The molecule has 1 amide bonds. The average molecular weight is 332 g/mol. The smallest absolute Gasteiger partial charge is 0.227 e. The highest BCUT2D eigenvalue weighted by molar-refractivity contribution is 6.19. The molecule has 0 aromatic heterocycles. The highest BCUT2D eigenvalue weighted by Gasteiger charge is 2.33. The molecule has 2 aromatic carbocycles. The Labute approximate surface area is 141 Å². The van der Waals surface area contributed by atoms with E-state index in [4.69, 9.17) is 11.6 Å². The largest absolute Gasteiger partial charge is 0.507 e. The number of benzene rings is 2. The van der Waals surface area contributed by atoms with Crippen LogP contribution in [0.1, 0.15) is 44.1 Å². The molecule has 1 aliphatic heterocycles. The van der Waals surface area contributed by atoms with Crippen LogP contribution in [0.4, 0.5) is 5.69 Å². The van der Waals surface area contributed by atoms with Crippen LogP contribution in [-0.4, -0.2) is 23.4 Å². The number of phenols is 1. The van der Waals surface area contributed by atoms with E-state index in [1.54, 1.807) is 6.07 Å². The summed E-state index contributed by atoms with van der Waals surface area (Å²) in [5, 5.41) is 12.2. The van der Waals surface area contributed by atoms with Crippen molar-refractivity contribution in [2.45, 2.75) is 38.5 Å². The Bertz CT molecular complexity index is 729. The van der Waals surface area contributed by atoms with Gasteiger partial charge in [-0.2, -0.15) is 0 Å². The van der Waals surface area contributed by atoms with Crippen molar-refractivity contribution in [3.8, 4) is 5.75 Å². The molecule has 0 fully saturated rings. The molecule has 3 rings (SSSR count). The fourth-order valence-electron chi connectivity index (χ4n) is 3.45. The highest BCUT2D eigenvalue weighted by Crippen LogP contribution is 2.45. The van der Waals surface area contributed by atoms with Crippen molar-refractivity contribution in [3.05, 3.63) is 35.9 Å². The standard InChI is InChI=1S/C19H22ClNO2/c1-2-3-4-9-18(23)21-12-13(11-20)19-15-8-6-5-7-14(15)17(22)10-16(19)21/h5-8,10,13,22H,2-4,9,11-12H2,1H3. The van der Waals surface area contributed by atoms with Gasteiger partial charge in [0.05, 0.1) is 5.69 Å². The molecule has 122 valence electrons. The van der Waals surface area contributed by atoms with E-state index in [1.807, 2.05) is 29.2 Å². The van der Waals surface area contributed by atoms with Crippen LogP contribution < -0.4 is 4.90 Å². The number of nitrogens with zero attached hydrogens (tertiary/aromatic N) is 1. The molecule has 0 saturated heterocycles. The molecule has 0 aliphatic carbocycles. The van der Waals surface area contributed by atoms with Crippen molar-refractivity contribution in [2.75, 3.05) is 17.3 Å². The zero-order valence-corrected chi connectivity index (χ0v) is 14.1. The van der Waals surface area contributed by atoms with Gasteiger partial charge in [-0.3, -0.25) is 4.79 Å². The summed E-state index contributed by atoms with van der Waals surface area (Å²) in [7, 11) is 0. The summed E-state index contributed by atoms with van der Waals surface area (Å²) in [4.78, 5) is 14.4. The summed E-state index contributed by atoms with van der Waals surface area (Å²) in [6, 6.07) is 9.49. The molecule has 3 nitrogen and oxygen atoms in total. The van der Waals surface area contributed by atoms with E-state index in [0.717, 1.165) is 41.3 Å². The van der Waals surface area contributed by atoms with E-state index >= 15 is 0 Å². The van der Waals surface area contributed by atoms with E-state index in [-0.39, 0.29) is 17.6 Å². The minimum atomic E-state index is 0.118. The Morgan fingerprint density at radius 1 is 1.30 bits per heavy atom. The van der Waals surface area contributed by atoms with Crippen molar-refractivity contribution in [3.63, 3.8) is 0 Å². The fourth-order valence-corrected chi connectivity index (χ4v) is 3.70. The third-order valence-corrected chi connectivity index (χ3v) is 5.00. The normalized spacial score (nSPS) is 16.8. The highest BCUT2D eigenvalue weighted by atomic mass is 35.5. The molecule has 0 radical (unpaired) electrons. The van der Waals surface area contributed by atoms with Gasteiger partial charge in [-0.25, -0.2) is 0 Å². The predicted octanol–water partition coefficient (Wildman–Crippen LogP) is 4.79. The maximum absolute atomic E-state index is 12.6. The number of carbonyl (C=O) groups excluding carboxylic acids is 1. The van der Waals surface area contributed by atoms with Crippen LogP contribution >= 0.6 is 11.6 Å². The number of anilines is 1. The van der Waals surface area contributed by atoms with Crippen molar-refractivity contribution >= 4 is 34.0 Å². The number of rotatable bonds is 5. The minimum Gasteiger partial charge on any atom is -0.507 e. The van der Waals surface area contributed by atoms with E-state index in [1.165, 1.54) is 0 Å². The van der Waals surface area contributed by atoms with Gasteiger partial charge < -0.3 is 10.0 Å². The number of unbranched alkanes of at least 4 members (excludes halogenated alkanes) is 2. The molecular formula is C19H22ClNO2. The molecule has 4 heteroatoms. The van der Waals surface area contributed by atoms with E-state index < -0.39 is 0 Å². The quantitative estimate of drug-likeness (QED) is 0.631. The van der Waals surface area contributed by atoms with Crippen molar-refractivity contribution in [2.24, 2.45) is 0 Å². The number of hydrogen-bond acceptors (Lipinski definition) is 2. The first-order chi connectivity index (χ1) is 11.2. The maximum Gasteiger partial charge on any atom is 0.227 e. The zero-order chi connectivity index (χ0) is 16.4. The van der Waals surface area contributed by atoms with Crippen molar-refractivity contribution in [1.82, 2.24) is 0 Å². The minimum absolute atomic E-state index is 0.118. The number of halogens is 1. The number of hydrogen-bond donors (Lipinski definition) is 1. The molecule has 2 aromatic rings. The summed E-state index contributed by atoms with van der Waals surface area (Å²) < 4.78 is 0. The first kappa shape index (κ1) is 16.1. The Morgan fingerprint density at radius 3 is 2.74 bits per heavy atom. The van der Waals surface area contributed by atoms with Crippen LogP contribution in [0.15, 0.2) is 30.3 Å². The van der Waals surface area contributed by atoms with Crippen molar-refractivity contribution in [1.29, 1.82) is 0 Å². The molecule has 1 unspecified atom stereocenters. The van der Waals surface area contributed by atoms with Gasteiger partial charge in [0.25, 0.3) is 0 Å².